The highest BCUT2D eigenvalue weighted by Gasteiger charge is 2.22. The molecule has 0 aliphatic carbocycles. The van der Waals surface area contributed by atoms with Crippen molar-refractivity contribution in [2.45, 2.75) is 186 Å². The number of aliphatic hydroxyl groups excluding tert-OH is 3. The van der Waals surface area contributed by atoms with Crippen LogP contribution in [0.15, 0.2) is 48.6 Å². The van der Waals surface area contributed by atoms with Crippen LogP contribution >= 0.6 is 0 Å². The van der Waals surface area contributed by atoms with E-state index in [0.717, 1.165) is 51.4 Å². The first kappa shape index (κ1) is 42.3. The fraction of sp³-hybridized carbons (Fsp3) is 0.769. The summed E-state index contributed by atoms with van der Waals surface area (Å²) in [5.74, 6) is -0.526. The first-order chi connectivity index (χ1) is 21.6. The van der Waals surface area contributed by atoms with Crippen LogP contribution in [0, 0.1) is 0 Å². The summed E-state index contributed by atoms with van der Waals surface area (Å²) >= 11 is 0. The van der Waals surface area contributed by atoms with Crippen LogP contribution in [0.4, 0.5) is 0 Å². The summed E-state index contributed by atoms with van der Waals surface area (Å²) in [6.07, 6.45) is 42.6. The molecule has 5 nitrogen and oxygen atoms in total. The third-order valence-corrected chi connectivity index (χ3v) is 8.12. The lowest BCUT2D eigenvalue weighted by Gasteiger charge is -2.21. The van der Waals surface area contributed by atoms with Gasteiger partial charge in [-0.1, -0.05) is 146 Å². The topological polar surface area (TPSA) is 89.8 Å². The molecule has 44 heavy (non-hydrogen) atoms. The van der Waals surface area contributed by atoms with Crippen LogP contribution in [0.2, 0.25) is 0 Å². The Balaban J connectivity index is 3.86. The Kier molecular flexibility index (Phi) is 32.9. The largest absolute Gasteiger partial charge is 0.394 e. The van der Waals surface area contributed by atoms with Gasteiger partial charge in [-0.25, -0.2) is 0 Å². The molecule has 5 heteroatoms. The lowest BCUT2D eigenvalue weighted by atomic mass is 10.0. The van der Waals surface area contributed by atoms with E-state index in [0.29, 0.717) is 6.42 Å². The van der Waals surface area contributed by atoms with Crippen molar-refractivity contribution in [1.82, 2.24) is 5.32 Å². The molecule has 0 saturated heterocycles. The van der Waals surface area contributed by atoms with Crippen molar-refractivity contribution < 1.29 is 20.1 Å². The number of carbonyl (C=O) groups excluding carboxylic acids is 1. The van der Waals surface area contributed by atoms with Crippen molar-refractivity contribution >= 4 is 5.91 Å². The van der Waals surface area contributed by atoms with E-state index in [2.05, 4.69) is 55.6 Å². The Morgan fingerprint density at radius 1 is 0.545 bits per heavy atom. The molecule has 0 rings (SSSR count). The van der Waals surface area contributed by atoms with Crippen LogP contribution in [-0.4, -0.2) is 46.1 Å². The van der Waals surface area contributed by atoms with Crippen molar-refractivity contribution in [3.63, 3.8) is 0 Å². The van der Waals surface area contributed by atoms with Gasteiger partial charge < -0.3 is 20.6 Å². The molecule has 0 spiro atoms. The summed E-state index contributed by atoms with van der Waals surface area (Å²) in [6.45, 7) is 4.11. The van der Waals surface area contributed by atoms with E-state index in [4.69, 9.17) is 0 Å². The van der Waals surface area contributed by atoms with E-state index in [-0.39, 0.29) is 6.61 Å². The number of unbranched alkanes of at least 4 members (excludes halogenated alkanes) is 18. The molecule has 4 N–H and O–H groups in total. The number of hydrogen-bond donors (Lipinski definition) is 4. The summed E-state index contributed by atoms with van der Waals surface area (Å²) in [4.78, 5) is 12.4. The summed E-state index contributed by atoms with van der Waals surface area (Å²) in [5, 5.41) is 32.9. The molecular weight excluding hydrogens is 546 g/mol. The molecule has 0 saturated carbocycles. The zero-order chi connectivity index (χ0) is 32.4. The van der Waals surface area contributed by atoms with Crippen LogP contribution in [-0.2, 0) is 4.79 Å². The molecule has 0 aromatic heterocycles. The molecule has 0 aliphatic rings. The van der Waals surface area contributed by atoms with E-state index < -0.39 is 24.2 Å². The second-order valence-electron chi connectivity index (χ2n) is 12.4. The predicted octanol–water partition coefficient (Wildman–Crippen LogP) is 9.81. The van der Waals surface area contributed by atoms with Crippen LogP contribution < -0.4 is 5.32 Å². The molecule has 3 atom stereocenters. The molecule has 0 aromatic carbocycles. The minimum Gasteiger partial charge on any atom is -0.394 e. The maximum absolute atomic E-state index is 12.4. The normalized spacial score (nSPS) is 14.4. The number of nitrogens with one attached hydrogen (secondary N) is 1. The van der Waals surface area contributed by atoms with E-state index in [9.17, 15) is 20.1 Å². The standard InChI is InChI=1S/C39H71NO4/c1-3-5-7-9-11-13-15-17-19-20-22-23-25-27-29-31-33-37(42)36(35-41)40-39(44)38(43)34-32-30-28-26-24-21-18-16-14-12-10-8-6-4-2/h14,16-17,19,23,25,31,33,36-38,41-43H,3-13,15,18,20-22,24,26-30,32,34-35H2,1-2H3,(H,40,44)/b16-14-,19-17+,25-23+,33-31+. The van der Waals surface area contributed by atoms with Crippen LogP contribution in [0.3, 0.4) is 0 Å². The minimum absolute atomic E-state index is 0.385. The first-order valence-electron chi connectivity index (χ1n) is 18.5. The van der Waals surface area contributed by atoms with Gasteiger partial charge in [0.2, 0.25) is 5.91 Å². The summed E-state index contributed by atoms with van der Waals surface area (Å²) < 4.78 is 0. The molecule has 0 bridgehead atoms. The van der Waals surface area contributed by atoms with Crippen LogP contribution in [0.1, 0.15) is 168 Å². The quantitative estimate of drug-likeness (QED) is 0.0447. The highest BCUT2D eigenvalue weighted by molar-refractivity contribution is 5.80. The second-order valence-corrected chi connectivity index (χ2v) is 12.4. The zero-order valence-electron chi connectivity index (χ0n) is 28.8. The van der Waals surface area contributed by atoms with Crippen molar-refractivity contribution in [3.8, 4) is 0 Å². The molecule has 0 aliphatic heterocycles. The van der Waals surface area contributed by atoms with Gasteiger partial charge in [-0.15, -0.1) is 0 Å². The summed E-state index contributed by atoms with van der Waals surface area (Å²) in [6, 6.07) is -0.822. The zero-order valence-corrected chi connectivity index (χ0v) is 28.8. The highest BCUT2D eigenvalue weighted by atomic mass is 16.3. The average molecular weight is 618 g/mol. The van der Waals surface area contributed by atoms with E-state index in [1.165, 1.54) is 96.3 Å². The number of allylic oxidation sites excluding steroid dienone is 7. The smallest absolute Gasteiger partial charge is 0.249 e. The predicted molar refractivity (Wildman–Crippen MR) is 190 cm³/mol. The minimum atomic E-state index is -1.11. The van der Waals surface area contributed by atoms with Crippen molar-refractivity contribution in [1.29, 1.82) is 0 Å². The van der Waals surface area contributed by atoms with Gasteiger partial charge in [-0.3, -0.25) is 4.79 Å². The number of aliphatic hydroxyl groups is 3. The van der Waals surface area contributed by atoms with Gasteiger partial charge >= 0.3 is 0 Å². The third kappa shape index (κ3) is 29.0. The Labute approximate surface area is 272 Å². The van der Waals surface area contributed by atoms with E-state index >= 15 is 0 Å². The number of rotatable bonds is 32. The van der Waals surface area contributed by atoms with E-state index in [1.807, 2.05) is 6.08 Å². The monoisotopic (exact) mass is 618 g/mol. The summed E-state index contributed by atoms with van der Waals surface area (Å²) in [7, 11) is 0. The van der Waals surface area contributed by atoms with Gasteiger partial charge in [0.05, 0.1) is 18.8 Å². The summed E-state index contributed by atoms with van der Waals surface area (Å²) in [5.41, 5.74) is 0. The van der Waals surface area contributed by atoms with Gasteiger partial charge in [-0.2, -0.15) is 0 Å². The molecular formula is C39H71NO4. The third-order valence-electron chi connectivity index (χ3n) is 8.12. The number of amides is 1. The average Bonchev–Trinajstić information content (AvgIpc) is 3.03. The lowest BCUT2D eigenvalue weighted by molar-refractivity contribution is -0.131. The molecule has 0 heterocycles. The lowest BCUT2D eigenvalue weighted by Crippen LogP contribution is -2.48. The maximum Gasteiger partial charge on any atom is 0.249 e. The van der Waals surface area contributed by atoms with Gasteiger partial charge in [0, 0.05) is 0 Å². The maximum atomic E-state index is 12.4. The highest BCUT2D eigenvalue weighted by Crippen LogP contribution is 2.12. The molecule has 1 amide bonds. The van der Waals surface area contributed by atoms with Gasteiger partial charge in [0.1, 0.15) is 6.10 Å². The van der Waals surface area contributed by atoms with Gasteiger partial charge in [-0.05, 0) is 70.6 Å². The molecule has 0 fully saturated rings. The molecule has 3 unspecified atom stereocenters. The molecule has 0 aromatic rings. The number of hydrogen-bond acceptors (Lipinski definition) is 4. The molecule has 256 valence electrons. The Hall–Kier alpha value is -1.69. The Morgan fingerprint density at radius 2 is 0.932 bits per heavy atom. The second kappa shape index (κ2) is 34.2. The fourth-order valence-corrected chi connectivity index (χ4v) is 5.15. The number of carbonyl (C=O) groups is 1. The van der Waals surface area contributed by atoms with Crippen molar-refractivity contribution in [3.05, 3.63) is 48.6 Å². The Morgan fingerprint density at radius 3 is 1.41 bits per heavy atom. The molecule has 0 radical (unpaired) electrons. The Bertz CT molecular complexity index is 730. The van der Waals surface area contributed by atoms with Gasteiger partial charge in [0.15, 0.2) is 0 Å². The van der Waals surface area contributed by atoms with Crippen LogP contribution in [0.25, 0.3) is 0 Å². The van der Waals surface area contributed by atoms with Gasteiger partial charge in [0.25, 0.3) is 0 Å². The first-order valence-corrected chi connectivity index (χ1v) is 18.5. The SMILES string of the molecule is CCCCCC/C=C\CCCCCCCCC(O)C(=O)NC(CO)C(O)/C=C/CC/C=C/CC/C=C/CCCCCCCC. The van der Waals surface area contributed by atoms with Crippen LogP contribution in [0.5, 0.6) is 0 Å². The van der Waals surface area contributed by atoms with Crippen molar-refractivity contribution in [2.75, 3.05) is 6.61 Å². The van der Waals surface area contributed by atoms with E-state index in [1.54, 1.807) is 6.08 Å². The van der Waals surface area contributed by atoms with Crippen molar-refractivity contribution in [2.24, 2.45) is 0 Å². The fourth-order valence-electron chi connectivity index (χ4n) is 5.15.